The van der Waals surface area contributed by atoms with Crippen molar-refractivity contribution in [3.63, 3.8) is 0 Å². The Morgan fingerprint density at radius 1 is 1.58 bits per heavy atom. The van der Waals surface area contributed by atoms with Gasteiger partial charge in [0.1, 0.15) is 0 Å². The van der Waals surface area contributed by atoms with Crippen molar-refractivity contribution in [2.24, 2.45) is 5.73 Å². The zero-order chi connectivity index (χ0) is 9.14. The van der Waals surface area contributed by atoms with E-state index in [9.17, 15) is 4.79 Å². The van der Waals surface area contributed by atoms with Crippen molar-refractivity contribution in [2.75, 3.05) is 26.7 Å². The number of hydrogen-bond acceptors (Lipinski definition) is 2. The number of carbonyl (C=O) groups excluding carboxylic acids is 1. The van der Waals surface area contributed by atoms with Crippen LogP contribution in [0.3, 0.4) is 0 Å². The zero-order valence-electron chi connectivity index (χ0n) is 7.79. The molecule has 1 aliphatic rings. The van der Waals surface area contributed by atoms with Gasteiger partial charge in [0.05, 0.1) is 0 Å². The van der Waals surface area contributed by atoms with Crippen LogP contribution in [0.25, 0.3) is 0 Å². The predicted octanol–water partition coefficient (Wildman–Crippen LogP) is 0.0911. The average molecular weight is 171 g/mol. The topological polar surface area (TPSA) is 49.6 Å². The van der Waals surface area contributed by atoms with Crippen molar-refractivity contribution in [3.8, 4) is 0 Å². The van der Waals surface area contributed by atoms with Gasteiger partial charge in [-0.15, -0.1) is 0 Å². The summed E-state index contributed by atoms with van der Waals surface area (Å²) in [6.45, 7) is 4.31. The predicted molar refractivity (Wildman–Crippen MR) is 47.9 cm³/mol. The molecular formula is C8H17N3O. The van der Waals surface area contributed by atoms with Gasteiger partial charge in [-0.05, 0) is 13.3 Å². The minimum Gasteiger partial charge on any atom is -0.328 e. The minimum absolute atomic E-state index is 0.0699. The monoisotopic (exact) mass is 171 g/mol. The number of amides is 2. The Hall–Kier alpha value is -0.770. The van der Waals surface area contributed by atoms with Crippen molar-refractivity contribution in [1.29, 1.82) is 0 Å². The maximum absolute atomic E-state index is 11.5. The van der Waals surface area contributed by atoms with Gasteiger partial charge in [-0.25, -0.2) is 4.79 Å². The summed E-state index contributed by atoms with van der Waals surface area (Å²) in [7, 11) is 1.83. The molecule has 1 aliphatic heterocycles. The lowest BCUT2D eigenvalue weighted by molar-refractivity contribution is 0.139. The Morgan fingerprint density at radius 2 is 2.25 bits per heavy atom. The molecule has 1 atom stereocenters. The number of carbonyl (C=O) groups is 1. The highest BCUT2D eigenvalue weighted by Crippen LogP contribution is 2.06. The molecule has 0 bridgehead atoms. The van der Waals surface area contributed by atoms with Crippen LogP contribution in [0, 0.1) is 0 Å². The van der Waals surface area contributed by atoms with Crippen LogP contribution in [-0.4, -0.2) is 48.6 Å². The van der Waals surface area contributed by atoms with E-state index in [0.717, 1.165) is 19.5 Å². The molecule has 0 spiro atoms. The third kappa shape index (κ3) is 2.11. The van der Waals surface area contributed by atoms with Crippen LogP contribution in [0.15, 0.2) is 0 Å². The lowest BCUT2D eigenvalue weighted by atomic mass is 10.2. The quantitative estimate of drug-likeness (QED) is 0.640. The molecule has 4 heteroatoms. The van der Waals surface area contributed by atoms with Crippen molar-refractivity contribution in [3.05, 3.63) is 0 Å². The summed E-state index contributed by atoms with van der Waals surface area (Å²) in [5, 5.41) is 0. The number of nitrogens with two attached hydrogens (primary N) is 1. The van der Waals surface area contributed by atoms with Gasteiger partial charge < -0.3 is 15.5 Å². The summed E-state index contributed by atoms with van der Waals surface area (Å²) < 4.78 is 0. The summed E-state index contributed by atoms with van der Waals surface area (Å²) in [4.78, 5) is 15.0. The molecule has 1 rings (SSSR count). The van der Waals surface area contributed by atoms with E-state index in [2.05, 4.69) is 0 Å². The van der Waals surface area contributed by atoms with Gasteiger partial charge in [-0.2, -0.15) is 0 Å². The minimum atomic E-state index is 0.0699. The van der Waals surface area contributed by atoms with E-state index in [-0.39, 0.29) is 12.1 Å². The highest BCUT2D eigenvalue weighted by molar-refractivity contribution is 5.74. The molecule has 12 heavy (non-hydrogen) atoms. The van der Waals surface area contributed by atoms with Crippen LogP contribution in [0.5, 0.6) is 0 Å². The Balaban J connectivity index is 2.46. The normalized spacial score (nSPS) is 21.4. The molecule has 1 heterocycles. The molecule has 2 N–H and O–H groups in total. The first-order valence-corrected chi connectivity index (χ1v) is 4.37. The van der Waals surface area contributed by atoms with Crippen LogP contribution in [0.2, 0.25) is 0 Å². The van der Waals surface area contributed by atoms with Gasteiger partial charge in [0.2, 0.25) is 0 Å². The Bertz CT molecular complexity index is 170. The summed E-state index contributed by atoms with van der Waals surface area (Å²) in [5.41, 5.74) is 5.62. The van der Waals surface area contributed by atoms with Crippen molar-refractivity contribution >= 4 is 6.03 Å². The van der Waals surface area contributed by atoms with Crippen LogP contribution in [-0.2, 0) is 0 Å². The van der Waals surface area contributed by atoms with E-state index >= 15 is 0 Å². The highest BCUT2D eigenvalue weighted by atomic mass is 16.2. The fourth-order valence-corrected chi connectivity index (χ4v) is 1.45. The molecule has 0 aromatic heterocycles. The highest BCUT2D eigenvalue weighted by Gasteiger charge is 2.22. The first kappa shape index (κ1) is 9.32. The molecule has 70 valence electrons. The van der Waals surface area contributed by atoms with Crippen LogP contribution in [0.1, 0.15) is 13.3 Å². The number of rotatable bonds is 2. The molecular weight excluding hydrogens is 154 g/mol. The second kappa shape index (κ2) is 3.76. The molecule has 1 fully saturated rings. The summed E-state index contributed by atoms with van der Waals surface area (Å²) in [5.74, 6) is 0. The van der Waals surface area contributed by atoms with Gasteiger partial charge in [0.25, 0.3) is 0 Å². The van der Waals surface area contributed by atoms with Gasteiger partial charge in [0.15, 0.2) is 0 Å². The van der Waals surface area contributed by atoms with Gasteiger partial charge in [-0.1, -0.05) is 0 Å². The molecule has 1 unspecified atom stereocenters. The average Bonchev–Trinajstić information content (AvgIpc) is 1.98. The van der Waals surface area contributed by atoms with Crippen LogP contribution < -0.4 is 5.73 Å². The van der Waals surface area contributed by atoms with Crippen molar-refractivity contribution in [2.45, 2.75) is 19.4 Å². The maximum Gasteiger partial charge on any atom is 0.319 e. The van der Waals surface area contributed by atoms with E-state index in [1.54, 1.807) is 4.90 Å². The first-order chi connectivity index (χ1) is 5.61. The van der Waals surface area contributed by atoms with Gasteiger partial charge >= 0.3 is 6.03 Å². The van der Waals surface area contributed by atoms with Crippen molar-refractivity contribution < 1.29 is 4.79 Å². The van der Waals surface area contributed by atoms with E-state index in [0.29, 0.717) is 6.54 Å². The third-order valence-electron chi connectivity index (χ3n) is 2.03. The molecule has 4 nitrogen and oxygen atoms in total. The molecule has 2 amide bonds. The van der Waals surface area contributed by atoms with E-state index in [1.807, 2.05) is 18.9 Å². The molecule has 0 aliphatic carbocycles. The van der Waals surface area contributed by atoms with E-state index in [4.69, 9.17) is 5.73 Å². The molecule has 0 radical (unpaired) electrons. The molecule has 0 aromatic rings. The molecule has 0 aromatic carbocycles. The van der Waals surface area contributed by atoms with Gasteiger partial charge in [0, 0.05) is 32.7 Å². The fraction of sp³-hybridized carbons (Fsp3) is 0.875. The van der Waals surface area contributed by atoms with E-state index in [1.165, 1.54) is 0 Å². The Morgan fingerprint density at radius 3 is 2.83 bits per heavy atom. The first-order valence-electron chi connectivity index (χ1n) is 4.37. The number of hydrogen-bond donors (Lipinski definition) is 1. The van der Waals surface area contributed by atoms with Crippen LogP contribution in [0.4, 0.5) is 4.79 Å². The zero-order valence-corrected chi connectivity index (χ0v) is 7.79. The standard InChI is InChI=1S/C8H17N3O/c1-7(9)6-11-5-3-4-10(2)8(11)12/h7H,3-6,9H2,1-2H3. The number of urea groups is 1. The maximum atomic E-state index is 11.5. The second-order valence-electron chi connectivity index (χ2n) is 3.48. The Labute approximate surface area is 73.3 Å². The summed E-state index contributed by atoms with van der Waals surface area (Å²) >= 11 is 0. The lowest BCUT2D eigenvalue weighted by Crippen LogP contribution is -2.50. The number of nitrogens with zero attached hydrogens (tertiary/aromatic N) is 2. The van der Waals surface area contributed by atoms with Crippen molar-refractivity contribution in [1.82, 2.24) is 9.80 Å². The smallest absolute Gasteiger partial charge is 0.319 e. The summed E-state index contributed by atoms with van der Waals surface area (Å²) in [6.07, 6.45) is 1.05. The SMILES string of the molecule is CC(N)CN1CCCN(C)C1=O. The Kier molecular flexibility index (Phi) is 2.92. The molecule has 1 saturated heterocycles. The van der Waals surface area contributed by atoms with Gasteiger partial charge in [-0.3, -0.25) is 0 Å². The van der Waals surface area contributed by atoms with E-state index < -0.39 is 0 Å². The lowest BCUT2D eigenvalue weighted by Gasteiger charge is -2.34. The largest absolute Gasteiger partial charge is 0.328 e. The fourth-order valence-electron chi connectivity index (χ4n) is 1.45. The third-order valence-corrected chi connectivity index (χ3v) is 2.03. The molecule has 0 saturated carbocycles. The van der Waals surface area contributed by atoms with Crippen LogP contribution >= 0.6 is 0 Å². The second-order valence-corrected chi connectivity index (χ2v) is 3.48. The summed E-state index contributed by atoms with van der Waals surface area (Å²) in [6, 6.07) is 0.180.